The first-order valence-electron chi connectivity index (χ1n) is 8.69. The number of nitrogens with zero attached hydrogens (tertiary/aromatic N) is 4. The number of amides is 1. The van der Waals surface area contributed by atoms with Gasteiger partial charge in [-0.15, -0.1) is 11.3 Å². The summed E-state index contributed by atoms with van der Waals surface area (Å²) in [5.41, 5.74) is 3.13. The van der Waals surface area contributed by atoms with Crippen molar-refractivity contribution in [1.29, 1.82) is 0 Å². The fourth-order valence-electron chi connectivity index (χ4n) is 3.15. The number of aromatic amines is 1. The van der Waals surface area contributed by atoms with E-state index in [1.165, 1.54) is 4.88 Å². The Morgan fingerprint density at radius 2 is 2.30 bits per heavy atom. The molecule has 9 heteroatoms. The highest BCUT2D eigenvalue weighted by Crippen LogP contribution is 2.27. The molecule has 0 radical (unpaired) electrons. The fourth-order valence-corrected chi connectivity index (χ4v) is 4.45. The first kappa shape index (κ1) is 18.0. The molecular formula is C18H20N6OS2. The first-order chi connectivity index (χ1) is 13.0. The summed E-state index contributed by atoms with van der Waals surface area (Å²) in [6, 6.07) is 7.95. The molecule has 0 spiro atoms. The van der Waals surface area contributed by atoms with Gasteiger partial charge >= 0.3 is 0 Å². The second-order valence-electron chi connectivity index (χ2n) is 6.73. The van der Waals surface area contributed by atoms with Crippen molar-refractivity contribution in [1.82, 2.24) is 24.6 Å². The van der Waals surface area contributed by atoms with Crippen LogP contribution in [0.25, 0.3) is 11.4 Å². The Kier molecular flexibility index (Phi) is 4.90. The Bertz CT molecular complexity index is 1050. The molecular weight excluding hydrogens is 380 g/mol. The molecule has 1 aromatic carbocycles. The van der Waals surface area contributed by atoms with Crippen LogP contribution in [0.3, 0.4) is 0 Å². The van der Waals surface area contributed by atoms with Crippen molar-refractivity contribution in [2.75, 3.05) is 18.9 Å². The summed E-state index contributed by atoms with van der Waals surface area (Å²) in [4.78, 5) is 20.6. The third kappa shape index (κ3) is 3.85. The maximum Gasteiger partial charge on any atom is 0.246 e. The van der Waals surface area contributed by atoms with Crippen molar-refractivity contribution in [2.24, 2.45) is 0 Å². The van der Waals surface area contributed by atoms with Crippen molar-refractivity contribution < 1.29 is 4.79 Å². The van der Waals surface area contributed by atoms with E-state index in [9.17, 15) is 4.79 Å². The highest BCUT2D eigenvalue weighted by atomic mass is 32.1. The number of hydrogen-bond donors (Lipinski definition) is 2. The number of fused-ring (bicyclic) bond motifs is 1. The summed E-state index contributed by atoms with van der Waals surface area (Å²) in [5.74, 6) is 0.486. The number of carbonyl (C=O) groups is 1. The lowest BCUT2D eigenvalue weighted by Crippen LogP contribution is -2.25. The number of hydrogen-bond acceptors (Lipinski definition) is 6. The summed E-state index contributed by atoms with van der Waals surface area (Å²) >= 11 is 6.86. The Morgan fingerprint density at radius 1 is 1.44 bits per heavy atom. The van der Waals surface area contributed by atoms with E-state index in [4.69, 9.17) is 12.2 Å². The summed E-state index contributed by atoms with van der Waals surface area (Å²) in [6.07, 6.45) is 0.919. The van der Waals surface area contributed by atoms with Crippen molar-refractivity contribution in [3.63, 3.8) is 0 Å². The molecule has 1 aliphatic rings. The van der Waals surface area contributed by atoms with Gasteiger partial charge in [-0.1, -0.05) is 23.8 Å². The first-order valence-corrected chi connectivity index (χ1v) is 9.91. The molecule has 7 nitrogen and oxygen atoms in total. The number of rotatable bonds is 4. The zero-order chi connectivity index (χ0) is 19.0. The topological polar surface area (TPSA) is 78.8 Å². The van der Waals surface area contributed by atoms with Gasteiger partial charge in [-0.25, -0.2) is 4.98 Å². The molecule has 1 aliphatic heterocycles. The van der Waals surface area contributed by atoms with Gasteiger partial charge in [0.1, 0.15) is 6.54 Å². The minimum Gasteiger partial charge on any atom is -0.301 e. The molecule has 0 saturated heterocycles. The second kappa shape index (κ2) is 7.34. The lowest BCUT2D eigenvalue weighted by Gasteiger charge is -2.20. The highest BCUT2D eigenvalue weighted by Gasteiger charge is 2.20. The van der Waals surface area contributed by atoms with Gasteiger partial charge in [0.25, 0.3) is 0 Å². The van der Waals surface area contributed by atoms with Gasteiger partial charge in [-0.2, -0.15) is 5.10 Å². The minimum atomic E-state index is -0.166. The van der Waals surface area contributed by atoms with E-state index in [1.54, 1.807) is 15.9 Å². The van der Waals surface area contributed by atoms with Crippen molar-refractivity contribution in [3.8, 4) is 11.4 Å². The predicted octanol–water partition coefficient (Wildman–Crippen LogP) is 3.00. The largest absolute Gasteiger partial charge is 0.301 e. The Balaban J connectivity index is 1.52. The molecule has 0 fully saturated rings. The van der Waals surface area contributed by atoms with Crippen LogP contribution >= 0.6 is 23.6 Å². The van der Waals surface area contributed by atoms with Crippen LogP contribution < -0.4 is 5.32 Å². The van der Waals surface area contributed by atoms with Gasteiger partial charge in [0.2, 0.25) is 5.91 Å². The molecule has 0 saturated carbocycles. The zero-order valence-corrected chi connectivity index (χ0v) is 16.8. The SMILES string of the molecule is Cc1cccc(-c2n[nH]c(=S)n2CC(=O)Nc2nc3c(s2)CN(C)CC3)c1. The summed E-state index contributed by atoms with van der Waals surface area (Å²) in [6.45, 7) is 3.98. The van der Waals surface area contributed by atoms with Crippen LogP contribution in [-0.2, 0) is 24.3 Å². The summed E-state index contributed by atoms with van der Waals surface area (Å²) < 4.78 is 2.13. The van der Waals surface area contributed by atoms with Crippen LogP contribution in [0.4, 0.5) is 5.13 Å². The van der Waals surface area contributed by atoms with E-state index in [-0.39, 0.29) is 12.5 Å². The smallest absolute Gasteiger partial charge is 0.246 e. The van der Waals surface area contributed by atoms with Crippen molar-refractivity contribution in [2.45, 2.75) is 26.4 Å². The van der Waals surface area contributed by atoms with E-state index >= 15 is 0 Å². The number of aryl methyl sites for hydroxylation is 1. The Hall–Kier alpha value is -2.36. The predicted molar refractivity (Wildman–Crippen MR) is 108 cm³/mol. The quantitative estimate of drug-likeness (QED) is 0.658. The van der Waals surface area contributed by atoms with Gasteiger partial charge in [-0.3, -0.25) is 14.5 Å². The van der Waals surface area contributed by atoms with Crippen molar-refractivity contribution >= 4 is 34.6 Å². The van der Waals surface area contributed by atoms with Crippen LogP contribution in [0.15, 0.2) is 24.3 Å². The van der Waals surface area contributed by atoms with Crippen molar-refractivity contribution in [3.05, 3.63) is 45.2 Å². The number of thiazole rings is 1. The normalized spacial score (nSPS) is 14.1. The van der Waals surface area contributed by atoms with Crippen LogP contribution in [0.5, 0.6) is 0 Å². The van der Waals surface area contributed by atoms with E-state index in [0.29, 0.717) is 15.7 Å². The standard InChI is InChI=1S/C18H20N6OS2/c1-11-4-3-5-12(8-11)16-21-22-18(26)24(16)10-15(25)20-17-19-13-6-7-23(2)9-14(13)27-17/h3-5,8H,6-7,9-10H2,1-2H3,(H,22,26)(H,19,20,25). The van der Waals surface area contributed by atoms with E-state index in [1.807, 2.05) is 31.2 Å². The van der Waals surface area contributed by atoms with Crippen LogP contribution in [0.2, 0.25) is 0 Å². The molecule has 27 heavy (non-hydrogen) atoms. The third-order valence-corrected chi connectivity index (χ3v) is 5.81. The third-order valence-electron chi connectivity index (χ3n) is 4.50. The fraction of sp³-hybridized carbons (Fsp3) is 0.333. The molecule has 3 heterocycles. The monoisotopic (exact) mass is 400 g/mol. The number of carbonyl (C=O) groups excluding carboxylic acids is 1. The average molecular weight is 401 g/mol. The van der Waals surface area contributed by atoms with Gasteiger partial charge in [0, 0.05) is 30.0 Å². The minimum absolute atomic E-state index is 0.0861. The van der Waals surface area contributed by atoms with Crippen LogP contribution in [0, 0.1) is 11.7 Å². The average Bonchev–Trinajstić information content (AvgIpc) is 3.18. The van der Waals surface area contributed by atoms with Gasteiger partial charge in [0.15, 0.2) is 15.7 Å². The van der Waals surface area contributed by atoms with Gasteiger partial charge < -0.3 is 10.2 Å². The molecule has 0 unspecified atom stereocenters. The molecule has 0 atom stereocenters. The number of nitrogens with one attached hydrogen (secondary N) is 2. The summed E-state index contributed by atoms with van der Waals surface area (Å²) in [7, 11) is 2.09. The molecule has 4 rings (SSSR count). The van der Waals surface area contributed by atoms with E-state index < -0.39 is 0 Å². The molecule has 2 aromatic heterocycles. The number of H-pyrrole nitrogens is 1. The van der Waals surface area contributed by atoms with Crippen LogP contribution in [-0.4, -0.2) is 44.1 Å². The molecule has 140 valence electrons. The zero-order valence-electron chi connectivity index (χ0n) is 15.2. The summed E-state index contributed by atoms with van der Waals surface area (Å²) in [5, 5.41) is 10.6. The van der Waals surface area contributed by atoms with Crippen LogP contribution in [0.1, 0.15) is 16.1 Å². The Labute approximate surface area is 166 Å². The maximum atomic E-state index is 12.6. The molecule has 0 aliphatic carbocycles. The lowest BCUT2D eigenvalue weighted by molar-refractivity contribution is -0.116. The molecule has 0 bridgehead atoms. The maximum absolute atomic E-state index is 12.6. The number of likely N-dealkylation sites (N-methyl/N-ethyl adjacent to an activating group) is 1. The Morgan fingerprint density at radius 3 is 3.11 bits per heavy atom. The number of aromatic nitrogens is 4. The molecule has 3 aromatic rings. The lowest BCUT2D eigenvalue weighted by atomic mass is 10.1. The van der Waals surface area contributed by atoms with E-state index in [0.717, 1.165) is 36.3 Å². The molecule has 2 N–H and O–H groups in total. The van der Waals surface area contributed by atoms with Gasteiger partial charge in [-0.05, 0) is 32.3 Å². The second-order valence-corrected chi connectivity index (χ2v) is 8.20. The van der Waals surface area contributed by atoms with Gasteiger partial charge in [0.05, 0.1) is 5.69 Å². The van der Waals surface area contributed by atoms with E-state index in [2.05, 4.69) is 32.4 Å². The number of benzene rings is 1. The highest BCUT2D eigenvalue weighted by molar-refractivity contribution is 7.71. The number of anilines is 1. The molecule has 1 amide bonds.